The predicted octanol–water partition coefficient (Wildman–Crippen LogP) is 4.92. The molecule has 1 heterocycles. The van der Waals surface area contributed by atoms with Crippen molar-refractivity contribution in [3.63, 3.8) is 0 Å². The van der Waals surface area contributed by atoms with E-state index in [1.165, 1.54) is 16.5 Å². The van der Waals surface area contributed by atoms with Crippen molar-refractivity contribution >= 4 is 32.4 Å². The van der Waals surface area contributed by atoms with Crippen LogP contribution < -0.4 is 10.1 Å². The number of hydrogen-bond donors (Lipinski definition) is 2. The standard InChI is InChI=1S/C24H27BrN2O2/c25-19-8-10-22(11-9-19)29-17-21(28)16-27-14-12-20(13-15-27)26-24-7-3-5-18-4-1-2-6-23(18)24/h1-11,20-21,26,28H,12-17H2. The highest BCUT2D eigenvalue weighted by Crippen LogP contribution is 2.25. The molecule has 3 aromatic carbocycles. The number of nitrogens with zero attached hydrogens (tertiary/aromatic N) is 1. The van der Waals surface area contributed by atoms with E-state index in [1.54, 1.807) is 0 Å². The molecule has 0 radical (unpaired) electrons. The van der Waals surface area contributed by atoms with Gasteiger partial charge in [-0.2, -0.15) is 0 Å². The molecule has 0 aromatic heterocycles. The summed E-state index contributed by atoms with van der Waals surface area (Å²) in [5.74, 6) is 0.783. The second kappa shape index (κ2) is 9.61. The molecule has 0 bridgehead atoms. The number of halogens is 1. The van der Waals surface area contributed by atoms with Crippen LogP contribution in [0.4, 0.5) is 5.69 Å². The van der Waals surface area contributed by atoms with Gasteiger partial charge in [0.1, 0.15) is 18.5 Å². The summed E-state index contributed by atoms with van der Waals surface area (Å²) >= 11 is 3.41. The minimum absolute atomic E-state index is 0.315. The molecule has 1 saturated heterocycles. The Balaban J connectivity index is 1.23. The molecule has 1 aliphatic rings. The molecule has 1 aliphatic heterocycles. The number of aliphatic hydroxyl groups is 1. The summed E-state index contributed by atoms with van der Waals surface area (Å²) in [5.41, 5.74) is 1.21. The molecular weight excluding hydrogens is 428 g/mol. The largest absolute Gasteiger partial charge is 0.491 e. The lowest BCUT2D eigenvalue weighted by atomic mass is 10.0. The maximum Gasteiger partial charge on any atom is 0.119 e. The minimum atomic E-state index is -0.485. The van der Waals surface area contributed by atoms with Crippen LogP contribution in [0.2, 0.25) is 0 Å². The maximum atomic E-state index is 10.3. The number of anilines is 1. The first-order valence-corrected chi connectivity index (χ1v) is 11.0. The van der Waals surface area contributed by atoms with Crippen LogP contribution in [-0.4, -0.2) is 48.4 Å². The first kappa shape index (κ1) is 20.2. The van der Waals surface area contributed by atoms with Crippen LogP contribution >= 0.6 is 15.9 Å². The van der Waals surface area contributed by atoms with Crippen molar-refractivity contribution in [2.45, 2.75) is 25.0 Å². The molecule has 4 rings (SSSR count). The van der Waals surface area contributed by atoms with Gasteiger partial charge in [-0.1, -0.05) is 52.3 Å². The summed E-state index contributed by atoms with van der Waals surface area (Å²) in [6.07, 6.45) is 1.66. The van der Waals surface area contributed by atoms with E-state index in [9.17, 15) is 5.11 Å². The topological polar surface area (TPSA) is 44.7 Å². The predicted molar refractivity (Wildman–Crippen MR) is 123 cm³/mol. The minimum Gasteiger partial charge on any atom is -0.491 e. The molecule has 152 valence electrons. The van der Waals surface area contributed by atoms with Crippen LogP contribution in [0.1, 0.15) is 12.8 Å². The fourth-order valence-corrected chi connectivity index (χ4v) is 4.17. The highest BCUT2D eigenvalue weighted by molar-refractivity contribution is 9.10. The molecule has 3 aromatic rings. The van der Waals surface area contributed by atoms with Crippen LogP contribution in [0, 0.1) is 0 Å². The van der Waals surface area contributed by atoms with Gasteiger partial charge in [0.25, 0.3) is 0 Å². The summed E-state index contributed by atoms with van der Waals surface area (Å²) in [6.45, 7) is 2.93. The van der Waals surface area contributed by atoms with Gasteiger partial charge >= 0.3 is 0 Å². The number of β-amino-alcohol motifs (C(OH)–C–C–N with tert-alkyl or cyclic N) is 1. The second-order valence-corrected chi connectivity index (χ2v) is 8.58. The fourth-order valence-electron chi connectivity index (χ4n) is 3.91. The zero-order valence-corrected chi connectivity index (χ0v) is 18.0. The molecule has 0 spiro atoms. The quantitative estimate of drug-likeness (QED) is 0.531. The number of fused-ring (bicyclic) bond motifs is 1. The number of hydrogen-bond acceptors (Lipinski definition) is 4. The van der Waals surface area contributed by atoms with Gasteiger partial charge in [0.05, 0.1) is 0 Å². The summed E-state index contributed by atoms with van der Waals surface area (Å²) < 4.78 is 6.71. The van der Waals surface area contributed by atoms with E-state index in [0.29, 0.717) is 19.2 Å². The van der Waals surface area contributed by atoms with Gasteiger partial charge in [-0.15, -0.1) is 0 Å². The van der Waals surface area contributed by atoms with Crippen molar-refractivity contribution in [3.05, 3.63) is 71.2 Å². The van der Waals surface area contributed by atoms with Crippen molar-refractivity contribution in [2.75, 3.05) is 31.6 Å². The Morgan fingerprint density at radius 3 is 2.52 bits per heavy atom. The van der Waals surface area contributed by atoms with E-state index >= 15 is 0 Å². The molecule has 1 unspecified atom stereocenters. The molecule has 0 aliphatic carbocycles. The Hall–Kier alpha value is -2.08. The molecule has 1 fully saturated rings. The van der Waals surface area contributed by atoms with Gasteiger partial charge in [-0.05, 0) is 48.6 Å². The van der Waals surface area contributed by atoms with Crippen LogP contribution in [-0.2, 0) is 0 Å². The third kappa shape index (κ3) is 5.50. The first-order valence-electron chi connectivity index (χ1n) is 10.2. The van der Waals surface area contributed by atoms with Crippen molar-refractivity contribution in [3.8, 4) is 5.75 Å². The highest BCUT2D eigenvalue weighted by Gasteiger charge is 2.21. The molecule has 29 heavy (non-hydrogen) atoms. The third-order valence-corrected chi connectivity index (χ3v) is 5.99. The summed E-state index contributed by atoms with van der Waals surface area (Å²) in [7, 11) is 0. The molecule has 5 heteroatoms. The zero-order valence-electron chi connectivity index (χ0n) is 16.4. The molecule has 1 atom stereocenters. The number of aliphatic hydroxyl groups excluding tert-OH is 1. The van der Waals surface area contributed by atoms with Gasteiger partial charge in [-0.3, -0.25) is 0 Å². The van der Waals surface area contributed by atoms with Crippen molar-refractivity contribution in [2.24, 2.45) is 0 Å². The molecule has 0 amide bonds. The third-order valence-electron chi connectivity index (χ3n) is 5.46. The van der Waals surface area contributed by atoms with E-state index in [2.05, 4.69) is 68.6 Å². The lowest BCUT2D eigenvalue weighted by Crippen LogP contribution is -2.43. The summed E-state index contributed by atoms with van der Waals surface area (Å²) in [5, 5.41) is 16.6. The van der Waals surface area contributed by atoms with E-state index in [-0.39, 0.29) is 0 Å². The van der Waals surface area contributed by atoms with Crippen LogP contribution in [0.25, 0.3) is 10.8 Å². The Labute approximate surface area is 180 Å². The van der Waals surface area contributed by atoms with Crippen molar-refractivity contribution < 1.29 is 9.84 Å². The molecule has 4 nitrogen and oxygen atoms in total. The lowest BCUT2D eigenvalue weighted by molar-refractivity contribution is 0.0605. The fraction of sp³-hybridized carbons (Fsp3) is 0.333. The van der Waals surface area contributed by atoms with Crippen LogP contribution in [0.3, 0.4) is 0 Å². The van der Waals surface area contributed by atoms with Gasteiger partial charge < -0.3 is 20.1 Å². The molecular formula is C24H27BrN2O2. The average Bonchev–Trinajstić information content (AvgIpc) is 2.75. The van der Waals surface area contributed by atoms with E-state index in [4.69, 9.17) is 4.74 Å². The van der Waals surface area contributed by atoms with E-state index in [1.807, 2.05) is 24.3 Å². The van der Waals surface area contributed by atoms with E-state index in [0.717, 1.165) is 36.2 Å². The number of rotatable bonds is 7. The van der Waals surface area contributed by atoms with Gasteiger partial charge in [0.2, 0.25) is 0 Å². The summed E-state index contributed by atoms with van der Waals surface area (Å²) in [6, 6.07) is 23.1. The van der Waals surface area contributed by atoms with E-state index < -0.39 is 6.10 Å². The smallest absolute Gasteiger partial charge is 0.119 e. The first-order chi connectivity index (χ1) is 14.2. The van der Waals surface area contributed by atoms with Crippen LogP contribution in [0.5, 0.6) is 5.75 Å². The van der Waals surface area contributed by atoms with Gasteiger partial charge in [-0.25, -0.2) is 0 Å². The Bertz CT molecular complexity index is 918. The number of nitrogens with one attached hydrogen (secondary N) is 1. The second-order valence-electron chi connectivity index (χ2n) is 7.66. The number of ether oxygens (including phenoxy) is 1. The van der Waals surface area contributed by atoms with Gasteiger partial charge in [0.15, 0.2) is 0 Å². The monoisotopic (exact) mass is 454 g/mol. The van der Waals surface area contributed by atoms with Crippen LogP contribution in [0.15, 0.2) is 71.2 Å². The Morgan fingerprint density at radius 2 is 1.72 bits per heavy atom. The van der Waals surface area contributed by atoms with Crippen molar-refractivity contribution in [1.29, 1.82) is 0 Å². The average molecular weight is 455 g/mol. The lowest BCUT2D eigenvalue weighted by Gasteiger charge is -2.34. The zero-order chi connectivity index (χ0) is 20.1. The highest BCUT2D eigenvalue weighted by atomic mass is 79.9. The number of likely N-dealkylation sites (tertiary alicyclic amines) is 1. The summed E-state index contributed by atoms with van der Waals surface area (Å²) in [4.78, 5) is 2.33. The normalized spacial score (nSPS) is 16.6. The molecule has 2 N–H and O–H groups in total. The Morgan fingerprint density at radius 1 is 1.00 bits per heavy atom. The Kier molecular flexibility index (Phi) is 6.70. The van der Waals surface area contributed by atoms with Gasteiger partial charge in [0, 0.05) is 41.2 Å². The number of piperidine rings is 1. The maximum absolute atomic E-state index is 10.3. The molecule has 0 saturated carbocycles. The SMILES string of the molecule is OC(COc1ccc(Br)cc1)CN1CCC(Nc2cccc3ccccc23)CC1. The van der Waals surface area contributed by atoms with Crippen molar-refractivity contribution in [1.82, 2.24) is 4.90 Å². The number of benzene rings is 3.